The average Bonchev–Trinajstić information content (AvgIpc) is 3.20. The van der Waals surface area contributed by atoms with Crippen LogP contribution in [0.3, 0.4) is 0 Å². The smallest absolute Gasteiger partial charge is 0.508 e. The molecule has 10 nitrogen and oxygen atoms in total. The maximum atomic E-state index is 13.9. The predicted molar refractivity (Wildman–Crippen MR) is 142 cm³/mol. The van der Waals surface area contributed by atoms with E-state index >= 15 is 0 Å². The number of hydrogen-bond donors (Lipinski definition) is 1. The normalized spacial score (nSPS) is 25.2. The van der Waals surface area contributed by atoms with Gasteiger partial charge >= 0.3 is 6.36 Å². The fourth-order valence-corrected chi connectivity index (χ4v) is 6.66. The minimum absolute atomic E-state index is 0.00518. The molecule has 13 heteroatoms. The highest BCUT2D eigenvalue weighted by Gasteiger charge is 2.57. The van der Waals surface area contributed by atoms with E-state index in [-0.39, 0.29) is 46.5 Å². The SMILES string of the molecule is CC1=CC(=O)C2=C(C1=O)C(c1cc(OC(F)(F)F)ccc1O)C1=CCC3C(=O)N(c4ccc([N+](=O)[O-])cc4)C(=O)C3C1C2. The van der Waals surface area contributed by atoms with Gasteiger partial charge in [0.2, 0.25) is 11.8 Å². The number of allylic oxidation sites excluding steroid dienone is 6. The number of Topliss-reactive ketones (excluding diaryl/α,β-unsaturated/α-hetero) is 1. The van der Waals surface area contributed by atoms with Gasteiger partial charge in [0.05, 0.1) is 22.4 Å². The van der Waals surface area contributed by atoms with E-state index in [1.54, 1.807) is 6.08 Å². The van der Waals surface area contributed by atoms with Crippen LogP contribution in [0.2, 0.25) is 0 Å². The van der Waals surface area contributed by atoms with E-state index in [1.165, 1.54) is 19.1 Å². The molecule has 0 bridgehead atoms. The molecule has 0 saturated carbocycles. The monoisotopic (exact) mass is 594 g/mol. The molecule has 43 heavy (non-hydrogen) atoms. The minimum Gasteiger partial charge on any atom is -0.508 e. The largest absolute Gasteiger partial charge is 0.573 e. The lowest BCUT2D eigenvalue weighted by Crippen LogP contribution is -2.39. The Bertz CT molecular complexity index is 1740. The number of carbonyl (C=O) groups excluding carboxylic acids is 4. The Morgan fingerprint density at radius 1 is 1.02 bits per heavy atom. The number of aromatic hydroxyl groups is 1. The van der Waals surface area contributed by atoms with Crippen molar-refractivity contribution >= 4 is 34.8 Å². The third-order valence-electron chi connectivity index (χ3n) is 8.43. The molecule has 4 aliphatic rings. The number of nitro benzene ring substituents is 1. The minimum atomic E-state index is -5.04. The van der Waals surface area contributed by atoms with Crippen LogP contribution in [0.25, 0.3) is 0 Å². The summed E-state index contributed by atoms with van der Waals surface area (Å²) in [7, 11) is 0. The van der Waals surface area contributed by atoms with Gasteiger partial charge in [-0.05, 0) is 62.1 Å². The van der Waals surface area contributed by atoms with Crippen molar-refractivity contribution in [2.45, 2.75) is 32.0 Å². The number of phenolic OH excluding ortho intramolecular Hbond substituents is 1. The van der Waals surface area contributed by atoms with Crippen molar-refractivity contribution in [3.8, 4) is 11.5 Å². The van der Waals surface area contributed by atoms with Crippen LogP contribution in [0.4, 0.5) is 24.5 Å². The Balaban J connectivity index is 1.47. The number of benzene rings is 2. The number of hydrogen-bond acceptors (Lipinski definition) is 8. The van der Waals surface area contributed by atoms with Gasteiger partial charge in [-0.2, -0.15) is 0 Å². The summed E-state index contributed by atoms with van der Waals surface area (Å²) in [5.74, 6) is -7.14. The summed E-state index contributed by atoms with van der Waals surface area (Å²) < 4.78 is 43.2. The first-order valence-corrected chi connectivity index (χ1v) is 13.2. The van der Waals surface area contributed by atoms with Crippen molar-refractivity contribution < 1.29 is 47.1 Å². The molecule has 0 spiro atoms. The summed E-state index contributed by atoms with van der Waals surface area (Å²) in [6.07, 6.45) is -2.28. The molecule has 3 aliphatic carbocycles. The van der Waals surface area contributed by atoms with Crippen LogP contribution in [0, 0.1) is 27.9 Å². The van der Waals surface area contributed by atoms with Crippen LogP contribution in [0.1, 0.15) is 31.2 Å². The Labute approximate surface area is 240 Å². The van der Waals surface area contributed by atoms with E-state index < -0.39 is 69.8 Å². The fraction of sp³-hybridized carbons (Fsp3) is 0.267. The number of amides is 2. The van der Waals surface area contributed by atoms with Gasteiger partial charge < -0.3 is 9.84 Å². The van der Waals surface area contributed by atoms with Crippen LogP contribution >= 0.6 is 0 Å². The van der Waals surface area contributed by atoms with Gasteiger partial charge in [0.1, 0.15) is 11.5 Å². The summed E-state index contributed by atoms with van der Waals surface area (Å²) in [5.41, 5.74) is 0.346. The molecular formula is C30H21F3N2O8. The summed E-state index contributed by atoms with van der Waals surface area (Å²) in [6, 6.07) is 7.74. The van der Waals surface area contributed by atoms with E-state index in [1.807, 2.05) is 0 Å². The first-order valence-electron chi connectivity index (χ1n) is 13.2. The second kappa shape index (κ2) is 9.75. The van der Waals surface area contributed by atoms with Gasteiger partial charge in [0.15, 0.2) is 11.6 Å². The van der Waals surface area contributed by atoms with Crippen molar-refractivity contribution in [2.75, 3.05) is 4.90 Å². The number of nitrogens with zero attached hydrogens (tertiary/aromatic N) is 2. The van der Waals surface area contributed by atoms with E-state index in [4.69, 9.17) is 0 Å². The van der Waals surface area contributed by atoms with Crippen molar-refractivity contribution in [1.82, 2.24) is 0 Å². The molecule has 6 rings (SSSR count). The first kappa shape index (κ1) is 28.1. The fourth-order valence-electron chi connectivity index (χ4n) is 6.66. The lowest BCUT2D eigenvalue weighted by atomic mass is 9.59. The number of phenols is 1. The van der Waals surface area contributed by atoms with Crippen LogP contribution in [0.5, 0.6) is 11.5 Å². The third-order valence-corrected chi connectivity index (χ3v) is 8.43. The second-order valence-corrected chi connectivity index (χ2v) is 10.8. The van der Waals surface area contributed by atoms with Crippen LogP contribution in [-0.4, -0.2) is 39.8 Å². The van der Waals surface area contributed by atoms with E-state index in [2.05, 4.69) is 4.74 Å². The van der Waals surface area contributed by atoms with Gasteiger partial charge in [0, 0.05) is 40.3 Å². The van der Waals surface area contributed by atoms with E-state index in [0.717, 1.165) is 41.3 Å². The lowest BCUT2D eigenvalue weighted by molar-refractivity contribution is -0.384. The van der Waals surface area contributed by atoms with E-state index in [9.17, 15) is 47.6 Å². The van der Waals surface area contributed by atoms with Gasteiger partial charge in [0.25, 0.3) is 5.69 Å². The van der Waals surface area contributed by atoms with Gasteiger partial charge in [-0.25, -0.2) is 0 Å². The second-order valence-electron chi connectivity index (χ2n) is 10.8. The number of alkyl halides is 3. The molecule has 220 valence electrons. The number of carbonyl (C=O) groups is 4. The Morgan fingerprint density at radius 3 is 2.37 bits per heavy atom. The summed E-state index contributed by atoms with van der Waals surface area (Å²) >= 11 is 0. The highest BCUT2D eigenvalue weighted by Crippen LogP contribution is 2.56. The van der Waals surface area contributed by atoms with Crippen LogP contribution < -0.4 is 9.64 Å². The molecule has 1 saturated heterocycles. The van der Waals surface area contributed by atoms with Crippen molar-refractivity contribution in [1.29, 1.82) is 0 Å². The summed E-state index contributed by atoms with van der Waals surface area (Å²) in [6.45, 7) is 1.43. The van der Waals surface area contributed by atoms with Crippen molar-refractivity contribution in [2.24, 2.45) is 17.8 Å². The van der Waals surface area contributed by atoms with Crippen LogP contribution in [-0.2, 0) is 19.2 Å². The number of ether oxygens (including phenoxy) is 1. The lowest BCUT2D eigenvalue weighted by Gasteiger charge is -2.42. The number of imide groups is 1. The van der Waals surface area contributed by atoms with Crippen molar-refractivity contribution in [3.05, 3.63) is 92.6 Å². The highest BCUT2D eigenvalue weighted by molar-refractivity contribution is 6.25. The predicted octanol–water partition coefficient (Wildman–Crippen LogP) is 4.83. The number of rotatable bonds is 4. The van der Waals surface area contributed by atoms with Crippen molar-refractivity contribution in [3.63, 3.8) is 0 Å². The molecule has 1 N–H and O–H groups in total. The maximum Gasteiger partial charge on any atom is 0.573 e. The highest BCUT2D eigenvalue weighted by atomic mass is 19.4. The Morgan fingerprint density at radius 2 is 1.72 bits per heavy atom. The molecule has 1 aliphatic heterocycles. The first-order chi connectivity index (χ1) is 20.3. The molecule has 4 unspecified atom stereocenters. The quantitative estimate of drug-likeness (QED) is 0.174. The number of fused-ring (bicyclic) bond motifs is 3. The standard InChI is InChI=1S/C30H21F3N2O8/c1-13-10-23(37)21-12-19-17(24(26(21)27(13)38)20-11-16(6-9-22(20)36)43-30(31,32)33)7-8-18-25(19)29(40)34(28(18)39)14-2-4-15(5-3-14)35(41)42/h2-7,9-11,18-19,24-25,36H,8,12H2,1H3. The molecule has 2 amide bonds. The number of anilines is 1. The number of non-ortho nitro benzene ring substituents is 1. The molecular weight excluding hydrogens is 573 g/mol. The third kappa shape index (κ3) is 4.51. The van der Waals surface area contributed by atoms with Gasteiger partial charge in [-0.15, -0.1) is 13.2 Å². The number of halogens is 3. The molecule has 2 aromatic rings. The molecule has 0 radical (unpaired) electrons. The molecule has 2 aromatic carbocycles. The Kier molecular flexibility index (Phi) is 6.36. The zero-order chi connectivity index (χ0) is 31.0. The Hall–Kier alpha value is -5.07. The molecule has 1 fully saturated rings. The van der Waals surface area contributed by atoms with Gasteiger partial charge in [-0.3, -0.25) is 34.2 Å². The number of ketones is 2. The maximum absolute atomic E-state index is 13.9. The molecule has 4 atom stereocenters. The molecule has 0 aromatic heterocycles. The summed E-state index contributed by atoms with van der Waals surface area (Å²) in [5, 5.41) is 21.9. The summed E-state index contributed by atoms with van der Waals surface area (Å²) in [4.78, 5) is 65.5. The molecule has 1 heterocycles. The average molecular weight is 594 g/mol. The number of nitro groups is 1. The van der Waals surface area contributed by atoms with Gasteiger partial charge in [-0.1, -0.05) is 11.6 Å². The topological polar surface area (TPSA) is 144 Å². The zero-order valence-corrected chi connectivity index (χ0v) is 22.3. The zero-order valence-electron chi connectivity index (χ0n) is 22.3. The van der Waals surface area contributed by atoms with E-state index in [0.29, 0.717) is 5.57 Å². The van der Waals surface area contributed by atoms with Crippen LogP contribution in [0.15, 0.2) is 76.9 Å².